The molecule has 5 heteroatoms. The van der Waals surface area contributed by atoms with Crippen molar-refractivity contribution < 1.29 is 4.79 Å². The molecule has 0 fully saturated rings. The zero-order valence-corrected chi connectivity index (χ0v) is 9.21. The maximum atomic E-state index is 11.6. The lowest BCUT2D eigenvalue weighted by Crippen LogP contribution is -2.34. The van der Waals surface area contributed by atoms with Crippen LogP contribution in [0, 0.1) is 5.92 Å². The summed E-state index contributed by atoms with van der Waals surface area (Å²) in [4.78, 5) is 11.6. The predicted octanol–water partition coefficient (Wildman–Crippen LogP) is 0.272. The number of hydrogen-bond acceptors (Lipinski definition) is 3. The van der Waals surface area contributed by atoms with Crippen molar-refractivity contribution in [1.29, 1.82) is 0 Å². The van der Waals surface area contributed by atoms with E-state index < -0.39 is 0 Å². The number of H-pyrrole nitrogens is 1. The van der Waals surface area contributed by atoms with Gasteiger partial charge in [0.15, 0.2) is 0 Å². The van der Waals surface area contributed by atoms with Gasteiger partial charge in [0.1, 0.15) is 0 Å². The van der Waals surface area contributed by atoms with Crippen LogP contribution >= 0.6 is 0 Å². The average molecular weight is 210 g/mol. The topological polar surface area (TPSA) is 69.8 Å². The summed E-state index contributed by atoms with van der Waals surface area (Å²) in [5.41, 5.74) is 0.985. The van der Waals surface area contributed by atoms with Crippen molar-refractivity contribution in [1.82, 2.24) is 20.8 Å². The van der Waals surface area contributed by atoms with E-state index in [1.807, 2.05) is 13.8 Å². The molecule has 1 unspecified atom stereocenters. The minimum atomic E-state index is -0.00292. The molecular weight excluding hydrogens is 192 g/mol. The summed E-state index contributed by atoms with van der Waals surface area (Å²) in [6.45, 7) is 6.07. The molecule has 0 bridgehead atoms. The number of nitrogens with zero attached hydrogens (tertiary/aromatic N) is 1. The molecule has 3 N–H and O–H groups in total. The molecule has 1 aromatic rings. The molecule has 1 rings (SSSR count). The van der Waals surface area contributed by atoms with Gasteiger partial charge in [-0.05, 0) is 6.54 Å². The molecule has 0 aliphatic rings. The van der Waals surface area contributed by atoms with Gasteiger partial charge >= 0.3 is 0 Å². The Labute approximate surface area is 89.6 Å². The molecule has 1 atom stereocenters. The number of aromatic nitrogens is 2. The van der Waals surface area contributed by atoms with Crippen molar-refractivity contribution in [3.8, 4) is 0 Å². The van der Waals surface area contributed by atoms with E-state index in [9.17, 15) is 4.79 Å². The summed E-state index contributed by atoms with van der Waals surface area (Å²) in [6.07, 6.45) is 3.48. The highest BCUT2D eigenvalue weighted by atomic mass is 16.1. The van der Waals surface area contributed by atoms with Crippen molar-refractivity contribution in [3.63, 3.8) is 0 Å². The molecule has 0 radical (unpaired) electrons. The van der Waals surface area contributed by atoms with Crippen molar-refractivity contribution >= 4 is 5.91 Å². The van der Waals surface area contributed by atoms with Gasteiger partial charge in [0.05, 0.1) is 6.20 Å². The number of amides is 1. The summed E-state index contributed by atoms with van der Waals surface area (Å²) in [5, 5.41) is 12.5. The van der Waals surface area contributed by atoms with Crippen LogP contribution in [0.5, 0.6) is 0 Å². The molecule has 0 spiro atoms. The Bertz CT molecular complexity index is 284. The monoisotopic (exact) mass is 210 g/mol. The van der Waals surface area contributed by atoms with Gasteiger partial charge in [0.2, 0.25) is 5.91 Å². The summed E-state index contributed by atoms with van der Waals surface area (Å²) in [7, 11) is 0. The zero-order valence-electron chi connectivity index (χ0n) is 9.21. The van der Waals surface area contributed by atoms with Gasteiger partial charge in [-0.25, -0.2) is 0 Å². The highest BCUT2D eigenvalue weighted by Crippen LogP contribution is 1.96. The fraction of sp³-hybridized carbons (Fsp3) is 0.600. The molecule has 5 nitrogen and oxygen atoms in total. The Balaban J connectivity index is 2.23. The fourth-order valence-electron chi connectivity index (χ4n) is 1.19. The number of nitrogens with one attached hydrogen (secondary N) is 3. The summed E-state index contributed by atoms with van der Waals surface area (Å²) in [6, 6.07) is 0. The third-order valence-corrected chi connectivity index (χ3v) is 2.17. The maximum absolute atomic E-state index is 11.6. The lowest BCUT2D eigenvalue weighted by molar-refractivity contribution is -0.124. The Hall–Kier alpha value is -1.36. The summed E-state index contributed by atoms with van der Waals surface area (Å²) in [5.74, 6) is 0.0639. The third-order valence-electron chi connectivity index (χ3n) is 2.17. The van der Waals surface area contributed by atoms with Crippen molar-refractivity contribution in [2.45, 2.75) is 20.4 Å². The van der Waals surface area contributed by atoms with Gasteiger partial charge in [0, 0.05) is 30.8 Å². The van der Waals surface area contributed by atoms with Crippen LogP contribution in [0.4, 0.5) is 0 Å². The molecule has 0 aliphatic heterocycles. The minimum Gasteiger partial charge on any atom is -0.352 e. The predicted molar refractivity (Wildman–Crippen MR) is 58.1 cm³/mol. The third kappa shape index (κ3) is 4.12. The molecule has 0 aromatic carbocycles. The number of rotatable bonds is 6. The van der Waals surface area contributed by atoms with Crippen LogP contribution in [0.25, 0.3) is 0 Å². The Morgan fingerprint density at radius 3 is 3.07 bits per heavy atom. The van der Waals surface area contributed by atoms with Crippen LogP contribution < -0.4 is 10.6 Å². The summed E-state index contributed by atoms with van der Waals surface area (Å²) >= 11 is 0. The largest absolute Gasteiger partial charge is 0.352 e. The van der Waals surface area contributed by atoms with E-state index >= 15 is 0 Å². The molecule has 0 aliphatic carbocycles. The van der Waals surface area contributed by atoms with Gasteiger partial charge in [-0.15, -0.1) is 0 Å². The zero-order chi connectivity index (χ0) is 11.1. The second-order valence-electron chi connectivity index (χ2n) is 3.53. The second-order valence-corrected chi connectivity index (χ2v) is 3.53. The van der Waals surface area contributed by atoms with Gasteiger partial charge in [0.25, 0.3) is 0 Å². The second kappa shape index (κ2) is 6.19. The standard InChI is InChI=1S/C10H18N4O/c1-3-11-4-8(2)10(15)12-5-9-6-13-14-7-9/h6-8,11H,3-5H2,1-2H3,(H,12,15)(H,13,14). The molecule has 15 heavy (non-hydrogen) atoms. The van der Waals surface area contributed by atoms with E-state index in [4.69, 9.17) is 0 Å². The molecule has 0 saturated carbocycles. The first-order valence-electron chi connectivity index (χ1n) is 5.20. The molecule has 84 valence electrons. The van der Waals surface area contributed by atoms with Crippen LogP contribution in [0.2, 0.25) is 0 Å². The van der Waals surface area contributed by atoms with Gasteiger partial charge < -0.3 is 10.6 Å². The van der Waals surface area contributed by atoms with Gasteiger partial charge in [-0.1, -0.05) is 13.8 Å². The molecule has 1 amide bonds. The SMILES string of the molecule is CCNCC(C)C(=O)NCc1cn[nH]c1. The van der Waals surface area contributed by atoms with E-state index in [1.54, 1.807) is 12.4 Å². The molecular formula is C10H18N4O. The molecule has 1 aromatic heterocycles. The number of carbonyl (C=O) groups excluding carboxylic acids is 1. The van der Waals surface area contributed by atoms with E-state index in [0.717, 1.165) is 12.1 Å². The van der Waals surface area contributed by atoms with E-state index in [-0.39, 0.29) is 11.8 Å². The quantitative estimate of drug-likeness (QED) is 0.631. The highest BCUT2D eigenvalue weighted by Gasteiger charge is 2.11. The Kier molecular flexibility index (Phi) is 4.83. The number of hydrogen-bond donors (Lipinski definition) is 3. The minimum absolute atomic E-state index is 0.00292. The Morgan fingerprint density at radius 2 is 2.47 bits per heavy atom. The van der Waals surface area contributed by atoms with Crippen LogP contribution in [0.1, 0.15) is 19.4 Å². The van der Waals surface area contributed by atoms with Gasteiger partial charge in [-0.2, -0.15) is 5.10 Å². The van der Waals surface area contributed by atoms with Crippen molar-refractivity contribution in [2.24, 2.45) is 5.92 Å². The first kappa shape index (κ1) is 11.7. The van der Waals surface area contributed by atoms with Crippen LogP contribution in [-0.2, 0) is 11.3 Å². The van der Waals surface area contributed by atoms with E-state index in [1.165, 1.54) is 0 Å². The molecule has 1 heterocycles. The highest BCUT2D eigenvalue weighted by molar-refractivity contribution is 5.78. The van der Waals surface area contributed by atoms with Gasteiger partial charge in [-0.3, -0.25) is 9.89 Å². The normalized spacial score (nSPS) is 12.4. The first-order chi connectivity index (χ1) is 7.24. The number of carbonyl (C=O) groups is 1. The maximum Gasteiger partial charge on any atom is 0.224 e. The average Bonchev–Trinajstić information content (AvgIpc) is 2.75. The first-order valence-corrected chi connectivity index (χ1v) is 5.20. The smallest absolute Gasteiger partial charge is 0.224 e. The van der Waals surface area contributed by atoms with Crippen LogP contribution in [0.3, 0.4) is 0 Å². The van der Waals surface area contributed by atoms with E-state index in [2.05, 4.69) is 20.8 Å². The van der Waals surface area contributed by atoms with Crippen LogP contribution in [-0.4, -0.2) is 29.2 Å². The van der Waals surface area contributed by atoms with Crippen molar-refractivity contribution in [2.75, 3.05) is 13.1 Å². The molecule has 0 saturated heterocycles. The fourth-order valence-corrected chi connectivity index (χ4v) is 1.19. The van der Waals surface area contributed by atoms with Crippen LogP contribution in [0.15, 0.2) is 12.4 Å². The summed E-state index contributed by atoms with van der Waals surface area (Å²) < 4.78 is 0. The van der Waals surface area contributed by atoms with Crippen molar-refractivity contribution in [3.05, 3.63) is 18.0 Å². The Morgan fingerprint density at radius 1 is 1.67 bits per heavy atom. The number of aromatic amines is 1. The lowest BCUT2D eigenvalue weighted by atomic mass is 10.1. The van der Waals surface area contributed by atoms with E-state index in [0.29, 0.717) is 13.1 Å². The lowest BCUT2D eigenvalue weighted by Gasteiger charge is -2.11.